The largest absolute Gasteiger partial charge is 0.497 e. The minimum Gasteiger partial charge on any atom is -0.497 e. The average Bonchev–Trinajstić information content (AvgIpc) is 2.49. The normalized spacial score (nSPS) is 10.2. The van der Waals surface area contributed by atoms with Gasteiger partial charge in [-0.05, 0) is 35.0 Å². The van der Waals surface area contributed by atoms with Gasteiger partial charge in [0.2, 0.25) is 0 Å². The third-order valence-corrected chi connectivity index (χ3v) is 3.28. The second-order valence-corrected chi connectivity index (χ2v) is 4.88. The van der Waals surface area contributed by atoms with E-state index in [2.05, 4.69) is 31.2 Å². The molecule has 2 aromatic rings. The highest BCUT2D eigenvalue weighted by atomic mass is 79.9. The van der Waals surface area contributed by atoms with E-state index in [0.717, 1.165) is 22.4 Å². The van der Waals surface area contributed by atoms with Gasteiger partial charge in [-0.25, -0.2) is 9.97 Å². The molecule has 106 valence electrons. The second-order valence-electron chi connectivity index (χ2n) is 4.02. The van der Waals surface area contributed by atoms with Crippen molar-refractivity contribution in [2.24, 2.45) is 0 Å². The van der Waals surface area contributed by atoms with Crippen LogP contribution in [0.1, 0.15) is 6.92 Å². The quantitative estimate of drug-likeness (QED) is 0.906. The number of hydrogen-bond donors (Lipinski definition) is 1. The van der Waals surface area contributed by atoms with Crippen molar-refractivity contribution in [3.63, 3.8) is 0 Å². The Balaban J connectivity index is 2.47. The molecule has 0 bridgehead atoms. The van der Waals surface area contributed by atoms with Crippen LogP contribution in [0, 0.1) is 0 Å². The summed E-state index contributed by atoms with van der Waals surface area (Å²) in [5, 5.41) is 3.18. The second kappa shape index (κ2) is 6.56. The molecule has 0 saturated carbocycles. The van der Waals surface area contributed by atoms with Crippen LogP contribution in [-0.4, -0.2) is 30.7 Å². The van der Waals surface area contributed by atoms with Crippen LogP contribution >= 0.6 is 15.9 Å². The van der Waals surface area contributed by atoms with E-state index in [1.54, 1.807) is 20.4 Å². The van der Waals surface area contributed by atoms with Crippen molar-refractivity contribution in [2.45, 2.75) is 6.92 Å². The molecule has 0 amide bonds. The molecule has 0 saturated heterocycles. The van der Waals surface area contributed by atoms with Gasteiger partial charge in [-0.3, -0.25) is 0 Å². The lowest BCUT2D eigenvalue weighted by Crippen LogP contribution is -2.02. The van der Waals surface area contributed by atoms with E-state index in [4.69, 9.17) is 9.47 Å². The SMILES string of the molecule is CCNc1nc(-c2cc(OC)cc(OC)c2)ncc1Br. The molecule has 2 rings (SSSR count). The number of rotatable bonds is 5. The number of anilines is 1. The van der Waals surface area contributed by atoms with Crippen molar-refractivity contribution in [3.8, 4) is 22.9 Å². The van der Waals surface area contributed by atoms with Crippen molar-refractivity contribution in [2.75, 3.05) is 26.1 Å². The van der Waals surface area contributed by atoms with Gasteiger partial charge in [0.05, 0.1) is 18.7 Å². The Morgan fingerprint density at radius 1 is 1.15 bits per heavy atom. The summed E-state index contributed by atoms with van der Waals surface area (Å²) in [4.78, 5) is 8.84. The number of hydrogen-bond acceptors (Lipinski definition) is 5. The Morgan fingerprint density at radius 2 is 1.80 bits per heavy atom. The Bertz CT molecular complexity index is 583. The Kier molecular flexibility index (Phi) is 4.79. The van der Waals surface area contributed by atoms with Crippen molar-refractivity contribution >= 4 is 21.7 Å². The lowest BCUT2D eigenvalue weighted by molar-refractivity contribution is 0.394. The van der Waals surface area contributed by atoms with Gasteiger partial charge in [0.25, 0.3) is 0 Å². The monoisotopic (exact) mass is 337 g/mol. The zero-order chi connectivity index (χ0) is 14.5. The first-order valence-electron chi connectivity index (χ1n) is 6.17. The van der Waals surface area contributed by atoms with Crippen molar-refractivity contribution in [1.82, 2.24) is 9.97 Å². The van der Waals surface area contributed by atoms with Gasteiger partial charge in [-0.2, -0.15) is 0 Å². The highest BCUT2D eigenvalue weighted by molar-refractivity contribution is 9.10. The molecule has 1 aromatic carbocycles. The number of ether oxygens (including phenoxy) is 2. The molecule has 0 unspecified atom stereocenters. The summed E-state index contributed by atoms with van der Waals surface area (Å²) in [7, 11) is 3.23. The molecule has 0 spiro atoms. The topological polar surface area (TPSA) is 56.3 Å². The van der Waals surface area contributed by atoms with Crippen LogP contribution in [0.3, 0.4) is 0 Å². The van der Waals surface area contributed by atoms with Crippen molar-refractivity contribution in [3.05, 3.63) is 28.9 Å². The van der Waals surface area contributed by atoms with E-state index in [1.165, 1.54) is 0 Å². The molecule has 1 N–H and O–H groups in total. The maximum atomic E-state index is 5.26. The Hall–Kier alpha value is -1.82. The predicted molar refractivity (Wildman–Crippen MR) is 82.4 cm³/mol. The van der Waals surface area contributed by atoms with Crippen molar-refractivity contribution in [1.29, 1.82) is 0 Å². The van der Waals surface area contributed by atoms with E-state index in [0.29, 0.717) is 17.3 Å². The van der Waals surface area contributed by atoms with Gasteiger partial charge < -0.3 is 14.8 Å². The smallest absolute Gasteiger partial charge is 0.161 e. The van der Waals surface area contributed by atoms with E-state index >= 15 is 0 Å². The first-order chi connectivity index (χ1) is 9.67. The molecule has 0 atom stereocenters. The Morgan fingerprint density at radius 3 is 2.35 bits per heavy atom. The molecule has 1 aromatic heterocycles. The molecular weight excluding hydrogens is 322 g/mol. The number of nitrogens with one attached hydrogen (secondary N) is 1. The summed E-state index contributed by atoms with van der Waals surface area (Å²) in [6.45, 7) is 2.80. The number of benzene rings is 1. The van der Waals surface area contributed by atoms with E-state index in [9.17, 15) is 0 Å². The lowest BCUT2D eigenvalue weighted by Gasteiger charge is -2.10. The first kappa shape index (κ1) is 14.6. The molecule has 0 aliphatic carbocycles. The van der Waals surface area contributed by atoms with Gasteiger partial charge in [0.1, 0.15) is 17.3 Å². The zero-order valence-electron chi connectivity index (χ0n) is 11.6. The minimum atomic E-state index is 0.612. The van der Waals surface area contributed by atoms with Gasteiger partial charge in [-0.1, -0.05) is 0 Å². The maximum Gasteiger partial charge on any atom is 0.161 e. The maximum absolute atomic E-state index is 5.26. The summed E-state index contributed by atoms with van der Waals surface area (Å²) in [5.74, 6) is 2.78. The number of halogens is 1. The summed E-state index contributed by atoms with van der Waals surface area (Å²) < 4.78 is 11.4. The molecule has 6 heteroatoms. The number of methoxy groups -OCH3 is 2. The molecule has 0 radical (unpaired) electrons. The summed E-state index contributed by atoms with van der Waals surface area (Å²) >= 11 is 3.42. The van der Waals surface area contributed by atoms with Crippen LogP contribution in [0.2, 0.25) is 0 Å². The van der Waals surface area contributed by atoms with Crippen molar-refractivity contribution < 1.29 is 9.47 Å². The lowest BCUT2D eigenvalue weighted by atomic mass is 10.2. The average molecular weight is 338 g/mol. The van der Waals surface area contributed by atoms with Crippen LogP contribution in [0.4, 0.5) is 5.82 Å². The zero-order valence-corrected chi connectivity index (χ0v) is 13.2. The molecular formula is C14H16BrN3O2. The summed E-state index contributed by atoms with van der Waals surface area (Å²) in [6.07, 6.45) is 1.73. The molecule has 1 heterocycles. The third kappa shape index (κ3) is 3.19. The molecule has 0 aliphatic heterocycles. The fraction of sp³-hybridized carbons (Fsp3) is 0.286. The van der Waals surface area contributed by atoms with Gasteiger partial charge in [-0.15, -0.1) is 0 Å². The van der Waals surface area contributed by atoms with E-state index < -0.39 is 0 Å². The highest BCUT2D eigenvalue weighted by Gasteiger charge is 2.09. The standard InChI is InChI=1S/C14H16BrN3O2/c1-4-16-14-12(15)8-17-13(18-14)9-5-10(19-2)7-11(6-9)20-3/h5-8H,4H2,1-3H3,(H,16,17,18). The molecule has 20 heavy (non-hydrogen) atoms. The third-order valence-electron chi connectivity index (χ3n) is 2.70. The van der Waals surface area contributed by atoms with Gasteiger partial charge in [0, 0.05) is 24.4 Å². The van der Waals surface area contributed by atoms with Crippen LogP contribution in [0.25, 0.3) is 11.4 Å². The fourth-order valence-corrected chi connectivity index (χ4v) is 2.07. The summed E-state index contributed by atoms with van der Waals surface area (Å²) in [6, 6.07) is 5.57. The molecule has 0 aliphatic rings. The Labute approximate surface area is 126 Å². The van der Waals surface area contributed by atoms with Gasteiger partial charge >= 0.3 is 0 Å². The van der Waals surface area contributed by atoms with Crippen LogP contribution in [0.15, 0.2) is 28.9 Å². The minimum absolute atomic E-state index is 0.612. The highest BCUT2D eigenvalue weighted by Crippen LogP contribution is 2.29. The van der Waals surface area contributed by atoms with Crippen LogP contribution < -0.4 is 14.8 Å². The van der Waals surface area contributed by atoms with E-state index in [-0.39, 0.29) is 0 Å². The van der Waals surface area contributed by atoms with Gasteiger partial charge in [0.15, 0.2) is 5.82 Å². The number of nitrogens with zero attached hydrogens (tertiary/aromatic N) is 2. The molecule has 5 nitrogen and oxygen atoms in total. The van der Waals surface area contributed by atoms with E-state index in [1.807, 2.05) is 25.1 Å². The predicted octanol–water partition coefficient (Wildman–Crippen LogP) is 3.36. The van der Waals surface area contributed by atoms with Crippen LogP contribution in [-0.2, 0) is 0 Å². The molecule has 0 fully saturated rings. The fourth-order valence-electron chi connectivity index (χ4n) is 1.73. The number of aromatic nitrogens is 2. The first-order valence-corrected chi connectivity index (χ1v) is 6.97. The summed E-state index contributed by atoms with van der Waals surface area (Å²) in [5.41, 5.74) is 0.841. The van der Waals surface area contributed by atoms with Crippen LogP contribution in [0.5, 0.6) is 11.5 Å².